The molecule has 7 heteroatoms. The summed E-state index contributed by atoms with van der Waals surface area (Å²) >= 11 is 0. The molecule has 0 spiro atoms. The third kappa shape index (κ3) is 6.85. The molecular weight excluding hydrogens is 496 g/mol. The van der Waals surface area contributed by atoms with Crippen molar-refractivity contribution < 1.29 is 4.79 Å². The average Bonchev–Trinajstić information content (AvgIpc) is 2.97. The Morgan fingerprint density at radius 3 is 2.42 bits per heavy atom. The van der Waals surface area contributed by atoms with E-state index < -0.39 is 0 Å². The first-order chi connectivity index (χ1) is 19.5. The summed E-state index contributed by atoms with van der Waals surface area (Å²) in [6.45, 7) is 5.46. The van der Waals surface area contributed by atoms with Gasteiger partial charge in [-0.05, 0) is 73.8 Å². The summed E-state index contributed by atoms with van der Waals surface area (Å²) in [5, 5.41) is 7.61. The van der Waals surface area contributed by atoms with Crippen molar-refractivity contribution in [3.63, 3.8) is 0 Å². The highest BCUT2D eigenvalue weighted by atomic mass is 16.1. The third-order valence-electron chi connectivity index (χ3n) is 7.36. The van der Waals surface area contributed by atoms with Crippen molar-refractivity contribution in [2.75, 3.05) is 42.7 Å². The number of anilines is 3. The van der Waals surface area contributed by atoms with E-state index in [1.165, 1.54) is 5.56 Å². The minimum absolute atomic E-state index is 0.0543. The van der Waals surface area contributed by atoms with Crippen LogP contribution in [0.1, 0.15) is 36.5 Å². The maximum Gasteiger partial charge on any atom is 0.227 e. The fourth-order valence-corrected chi connectivity index (χ4v) is 5.10. The maximum absolute atomic E-state index is 12.9. The molecule has 0 aliphatic carbocycles. The van der Waals surface area contributed by atoms with E-state index in [2.05, 4.69) is 64.1 Å². The molecule has 2 N–H and O–H groups in total. The van der Waals surface area contributed by atoms with Crippen molar-refractivity contribution in [1.82, 2.24) is 14.9 Å². The van der Waals surface area contributed by atoms with Crippen LogP contribution in [0.4, 0.5) is 17.5 Å². The number of benzene rings is 3. The number of nitrogens with zero attached hydrogens (tertiary/aromatic N) is 4. The lowest BCUT2D eigenvalue weighted by Crippen LogP contribution is -2.37. The number of nitrogens with one attached hydrogen (secondary N) is 2. The van der Waals surface area contributed by atoms with E-state index in [9.17, 15) is 4.79 Å². The van der Waals surface area contributed by atoms with E-state index in [4.69, 9.17) is 9.97 Å². The highest BCUT2D eigenvalue weighted by molar-refractivity contribution is 5.93. The Balaban J connectivity index is 1.17. The van der Waals surface area contributed by atoms with Gasteiger partial charge in [-0.25, -0.2) is 4.98 Å². The molecule has 1 aliphatic rings. The number of piperidine rings is 1. The summed E-state index contributed by atoms with van der Waals surface area (Å²) < 4.78 is 0. The summed E-state index contributed by atoms with van der Waals surface area (Å²) in [6.07, 6.45) is 5.87. The molecule has 7 nitrogen and oxygen atoms in total. The number of carbonyl (C=O) groups is 1. The van der Waals surface area contributed by atoms with Gasteiger partial charge in [0.2, 0.25) is 11.9 Å². The zero-order chi connectivity index (χ0) is 27.9. The van der Waals surface area contributed by atoms with Crippen LogP contribution in [-0.2, 0) is 17.9 Å². The lowest BCUT2D eigenvalue weighted by atomic mass is 9.95. The smallest absolute Gasteiger partial charge is 0.227 e. The Morgan fingerprint density at radius 2 is 1.73 bits per heavy atom. The largest absolute Gasteiger partial charge is 0.365 e. The molecule has 4 aromatic rings. The zero-order valence-electron chi connectivity index (χ0n) is 23.6. The van der Waals surface area contributed by atoms with E-state index >= 15 is 0 Å². The monoisotopic (exact) mass is 534 g/mol. The van der Waals surface area contributed by atoms with Crippen LogP contribution in [-0.4, -0.2) is 48.0 Å². The summed E-state index contributed by atoms with van der Waals surface area (Å²) in [7, 11) is 3.89. The third-order valence-corrected chi connectivity index (χ3v) is 7.36. The van der Waals surface area contributed by atoms with Gasteiger partial charge in [-0.3, -0.25) is 9.69 Å². The number of fused-ring (bicyclic) bond motifs is 1. The second kappa shape index (κ2) is 12.7. The van der Waals surface area contributed by atoms with Crippen LogP contribution < -0.4 is 15.5 Å². The Bertz CT molecular complexity index is 1460. The number of allylic oxidation sites excluding steroid dienone is 1. The van der Waals surface area contributed by atoms with E-state index in [0.717, 1.165) is 66.0 Å². The Kier molecular flexibility index (Phi) is 8.71. The van der Waals surface area contributed by atoms with Crippen LogP contribution in [0.15, 0.2) is 78.9 Å². The van der Waals surface area contributed by atoms with Crippen LogP contribution in [0, 0.1) is 5.92 Å². The van der Waals surface area contributed by atoms with E-state index in [0.29, 0.717) is 12.5 Å². The Morgan fingerprint density at radius 1 is 0.975 bits per heavy atom. The first kappa shape index (κ1) is 27.3. The van der Waals surface area contributed by atoms with Crippen LogP contribution >= 0.6 is 0 Å². The highest BCUT2D eigenvalue weighted by Gasteiger charge is 2.25. The van der Waals surface area contributed by atoms with Gasteiger partial charge >= 0.3 is 0 Å². The first-order valence-electron chi connectivity index (χ1n) is 14.0. The number of hydrogen-bond acceptors (Lipinski definition) is 6. The number of likely N-dealkylation sites (tertiary alicyclic amines) is 1. The molecule has 1 saturated heterocycles. The van der Waals surface area contributed by atoms with Gasteiger partial charge in [0.25, 0.3) is 0 Å². The van der Waals surface area contributed by atoms with Crippen molar-refractivity contribution in [3.05, 3.63) is 95.6 Å². The van der Waals surface area contributed by atoms with Crippen LogP contribution in [0.2, 0.25) is 0 Å². The molecule has 5 rings (SSSR count). The van der Waals surface area contributed by atoms with Gasteiger partial charge in [0, 0.05) is 44.2 Å². The van der Waals surface area contributed by atoms with Gasteiger partial charge in [-0.15, -0.1) is 0 Å². The van der Waals surface area contributed by atoms with Crippen LogP contribution in [0.5, 0.6) is 0 Å². The molecule has 0 unspecified atom stereocenters. The topological polar surface area (TPSA) is 73.4 Å². The van der Waals surface area contributed by atoms with E-state index in [1.54, 1.807) is 0 Å². The molecule has 1 aliphatic heterocycles. The second-order valence-corrected chi connectivity index (χ2v) is 10.6. The van der Waals surface area contributed by atoms with Gasteiger partial charge in [-0.2, -0.15) is 4.98 Å². The molecule has 0 saturated carbocycles. The minimum Gasteiger partial charge on any atom is -0.365 e. The van der Waals surface area contributed by atoms with Gasteiger partial charge in [0.1, 0.15) is 5.82 Å². The number of carbonyl (C=O) groups excluding carboxylic acids is 1. The van der Waals surface area contributed by atoms with Crippen molar-refractivity contribution in [2.24, 2.45) is 5.92 Å². The van der Waals surface area contributed by atoms with E-state index in [-0.39, 0.29) is 11.8 Å². The van der Waals surface area contributed by atoms with Crippen molar-refractivity contribution in [1.29, 1.82) is 0 Å². The van der Waals surface area contributed by atoms with Crippen molar-refractivity contribution in [2.45, 2.75) is 32.9 Å². The molecule has 0 atom stereocenters. The quantitative estimate of drug-likeness (QED) is 0.267. The number of hydrogen-bond donors (Lipinski definition) is 2. The van der Waals surface area contributed by atoms with Gasteiger partial charge < -0.3 is 15.5 Å². The van der Waals surface area contributed by atoms with Crippen LogP contribution in [0.25, 0.3) is 17.0 Å². The number of amides is 1. The summed E-state index contributed by atoms with van der Waals surface area (Å²) in [6, 6.07) is 24.8. The number of rotatable bonds is 9. The fraction of sp³-hybridized carbons (Fsp3) is 0.303. The van der Waals surface area contributed by atoms with Gasteiger partial charge in [0.05, 0.1) is 5.52 Å². The average molecular weight is 535 g/mol. The molecule has 0 bridgehead atoms. The SMILES string of the molecule is C/C=C\c1ccc2c(NCc3ccc(NC(=O)C4CCN(Cc5ccccc5)CC4)cc3)nc(N(C)C)nc2c1. The molecule has 1 aromatic heterocycles. The first-order valence-corrected chi connectivity index (χ1v) is 14.0. The van der Waals surface area contributed by atoms with Gasteiger partial charge in [-0.1, -0.05) is 60.7 Å². The van der Waals surface area contributed by atoms with Gasteiger partial charge in [0.15, 0.2) is 0 Å². The fourth-order valence-electron chi connectivity index (χ4n) is 5.10. The second-order valence-electron chi connectivity index (χ2n) is 10.6. The summed E-state index contributed by atoms with van der Waals surface area (Å²) in [4.78, 5) is 26.8. The molecule has 40 heavy (non-hydrogen) atoms. The summed E-state index contributed by atoms with van der Waals surface area (Å²) in [5.41, 5.74) is 5.28. The number of aromatic nitrogens is 2. The van der Waals surface area contributed by atoms with Crippen LogP contribution in [0.3, 0.4) is 0 Å². The molecule has 1 fully saturated rings. The lowest BCUT2D eigenvalue weighted by molar-refractivity contribution is -0.121. The molecule has 0 radical (unpaired) electrons. The summed E-state index contributed by atoms with van der Waals surface area (Å²) in [5.74, 6) is 1.64. The lowest BCUT2D eigenvalue weighted by Gasteiger charge is -2.31. The zero-order valence-corrected chi connectivity index (χ0v) is 23.6. The standard InChI is InChI=1S/C33H38N6O/c1-4-8-24-13-16-29-30(21-24)36-33(38(2)3)37-31(29)34-22-25-11-14-28(15-12-25)35-32(40)27-17-19-39(20-18-27)23-26-9-6-5-7-10-26/h4-16,21,27H,17-20,22-23H2,1-3H3,(H,35,40)(H,34,36,37)/b8-4-. The molecule has 206 valence electrons. The predicted octanol–water partition coefficient (Wildman–Crippen LogP) is 6.19. The maximum atomic E-state index is 12.9. The molecule has 2 heterocycles. The molecular formula is C33H38N6O. The predicted molar refractivity (Wildman–Crippen MR) is 165 cm³/mol. The minimum atomic E-state index is 0.0543. The normalized spacial score (nSPS) is 14.5. The molecule has 1 amide bonds. The molecule has 3 aromatic carbocycles. The Labute approximate surface area is 236 Å². The highest BCUT2D eigenvalue weighted by Crippen LogP contribution is 2.26. The van der Waals surface area contributed by atoms with Crippen molar-refractivity contribution >= 4 is 40.3 Å². The Hall–Kier alpha value is -4.23. The van der Waals surface area contributed by atoms with Crippen molar-refractivity contribution in [3.8, 4) is 0 Å². The van der Waals surface area contributed by atoms with E-state index in [1.807, 2.05) is 62.3 Å².